The van der Waals surface area contributed by atoms with Crippen molar-refractivity contribution in [1.29, 1.82) is 0 Å². The Kier molecular flexibility index (Phi) is 2.49. The van der Waals surface area contributed by atoms with Crippen LogP contribution in [0.3, 0.4) is 0 Å². The summed E-state index contributed by atoms with van der Waals surface area (Å²) in [6.07, 6.45) is 1.77. The molecule has 1 radical (unpaired) electrons. The predicted molar refractivity (Wildman–Crippen MR) is 34.9 cm³/mol. The smallest absolute Gasteiger partial charge is 0.107 e. The Labute approximate surface area is 56.2 Å². The van der Waals surface area contributed by atoms with Gasteiger partial charge in [0.15, 0.2) is 0 Å². The standard InChI is InChI=1S/C7H13O2/c1-3-4-8-5-7-6(2)9-7/h4,6-7H,3,5H2,1-2H3. The van der Waals surface area contributed by atoms with Crippen molar-refractivity contribution in [2.45, 2.75) is 32.5 Å². The largest absolute Gasteiger partial charge is 0.373 e. The van der Waals surface area contributed by atoms with Crippen LogP contribution in [0.15, 0.2) is 0 Å². The highest BCUT2D eigenvalue weighted by Gasteiger charge is 2.33. The lowest BCUT2D eigenvalue weighted by atomic mass is 10.4. The first-order valence-electron chi connectivity index (χ1n) is 3.43. The number of hydrogen-bond acceptors (Lipinski definition) is 2. The number of epoxide rings is 1. The van der Waals surface area contributed by atoms with E-state index in [-0.39, 0.29) is 0 Å². The van der Waals surface area contributed by atoms with Crippen molar-refractivity contribution in [3.8, 4) is 0 Å². The highest BCUT2D eigenvalue weighted by molar-refractivity contribution is 4.79. The minimum absolute atomic E-state index is 0.368. The maximum atomic E-state index is 5.13. The van der Waals surface area contributed by atoms with Crippen molar-refractivity contribution in [1.82, 2.24) is 0 Å². The lowest BCUT2D eigenvalue weighted by Crippen LogP contribution is -2.00. The van der Waals surface area contributed by atoms with E-state index < -0.39 is 0 Å². The summed E-state index contributed by atoms with van der Waals surface area (Å²) >= 11 is 0. The second-order valence-corrected chi connectivity index (χ2v) is 2.29. The maximum Gasteiger partial charge on any atom is 0.107 e. The maximum absolute atomic E-state index is 5.13. The van der Waals surface area contributed by atoms with E-state index in [0.29, 0.717) is 12.2 Å². The van der Waals surface area contributed by atoms with Gasteiger partial charge in [-0.15, -0.1) is 0 Å². The molecule has 0 aromatic carbocycles. The van der Waals surface area contributed by atoms with Gasteiger partial charge >= 0.3 is 0 Å². The third-order valence-corrected chi connectivity index (χ3v) is 1.38. The third kappa shape index (κ3) is 2.33. The Morgan fingerprint density at radius 1 is 1.67 bits per heavy atom. The van der Waals surface area contributed by atoms with Crippen molar-refractivity contribution in [2.75, 3.05) is 6.61 Å². The predicted octanol–water partition coefficient (Wildman–Crippen LogP) is 1.36. The van der Waals surface area contributed by atoms with Crippen molar-refractivity contribution in [3.63, 3.8) is 0 Å². The topological polar surface area (TPSA) is 21.8 Å². The second-order valence-electron chi connectivity index (χ2n) is 2.29. The van der Waals surface area contributed by atoms with Crippen molar-refractivity contribution in [3.05, 3.63) is 6.61 Å². The Hall–Kier alpha value is -0.0800. The van der Waals surface area contributed by atoms with Gasteiger partial charge in [-0.05, 0) is 13.3 Å². The van der Waals surface area contributed by atoms with E-state index in [0.717, 1.165) is 13.0 Å². The van der Waals surface area contributed by atoms with Gasteiger partial charge < -0.3 is 9.47 Å². The molecule has 0 aromatic heterocycles. The van der Waals surface area contributed by atoms with Crippen molar-refractivity contribution >= 4 is 0 Å². The molecule has 0 spiro atoms. The fourth-order valence-corrected chi connectivity index (χ4v) is 0.686. The van der Waals surface area contributed by atoms with Crippen LogP contribution in [0.1, 0.15) is 20.3 Å². The summed E-state index contributed by atoms with van der Waals surface area (Å²) in [5.41, 5.74) is 0. The molecule has 2 atom stereocenters. The van der Waals surface area contributed by atoms with Gasteiger partial charge in [0.05, 0.1) is 19.3 Å². The normalized spacial score (nSPS) is 32.7. The molecule has 1 fully saturated rings. The van der Waals surface area contributed by atoms with Gasteiger partial charge in [0.25, 0.3) is 0 Å². The molecule has 0 aromatic rings. The highest BCUT2D eigenvalue weighted by Crippen LogP contribution is 2.20. The molecule has 0 bridgehead atoms. The van der Waals surface area contributed by atoms with E-state index in [1.165, 1.54) is 0 Å². The van der Waals surface area contributed by atoms with Crippen molar-refractivity contribution in [2.24, 2.45) is 0 Å². The quantitative estimate of drug-likeness (QED) is 0.422. The zero-order valence-corrected chi connectivity index (χ0v) is 5.96. The molecule has 2 nitrogen and oxygen atoms in total. The molecule has 1 rings (SSSR count). The summed E-state index contributed by atoms with van der Waals surface area (Å²) in [6.45, 7) is 6.65. The minimum atomic E-state index is 0.368. The molecule has 0 aliphatic carbocycles. The summed E-state index contributed by atoms with van der Waals surface area (Å²) in [7, 11) is 0. The van der Waals surface area contributed by atoms with E-state index in [1.807, 2.05) is 6.61 Å². The second kappa shape index (κ2) is 3.18. The Bertz CT molecular complexity index is 83.0. The Morgan fingerprint density at radius 3 is 2.78 bits per heavy atom. The molecule has 0 amide bonds. The summed E-state index contributed by atoms with van der Waals surface area (Å²) in [4.78, 5) is 0. The minimum Gasteiger partial charge on any atom is -0.373 e. The van der Waals surface area contributed by atoms with Gasteiger partial charge in [-0.3, -0.25) is 0 Å². The molecule has 9 heavy (non-hydrogen) atoms. The monoisotopic (exact) mass is 129 g/mol. The van der Waals surface area contributed by atoms with Crippen LogP contribution in [0.2, 0.25) is 0 Å². The molecule has 0 N–H and O–H groups in total. The summed E-state index contributed by atoms with van der Waals surface area (Å²) in [6, 6.07) is 0. The van der Waals surface area contributed by atoms with Gasteiger partial charge in [-0.1, -0.05) is 6.92 Å². The Balaban J connectivity index is 1.83. The van der Waals surface area contributed by atoms with E-state index in [9.17, 15) is 0 Å². The van der Waals surface area contributed by atoms with E-state index in [1.54, 1.807) is 0 Å². The summed E-state index contributed by atoms with van der Waals surface area (Å²) < 4.78 is 10.2. The zero-order chi connectivity index (χ0) is 6.69. The lowest BCUT2D eigenvalue weighted by Gasteiger charge is -1.95. The van der Waals surface area contributed by atoms with Crippen LogP contribution in [0.25, 0.3) is 0 Å². The van der Waals surface area contributed by atoms with Gasteiger partial charge in [0.2, 0.25) is 0 Å². The van der Waals surface area contributed by atoms with Gasteiger partial charge in [0.1, 0.15) is 6.10 Å². The molecule has 2 heteroatoms. The number of ether oxygens (including phenoxy) is 2. The van der Waals surface area contributed by atoms with Gasteiger partial charge in [-0.2, -0.15) is 0 Å². The van der Waals surface area contributed by atoms with Crippen molar-refractivity contribution < 1.29 is 9.47 Å². The third-order valence-electron chi connectivity index (χ3n) is 1.38. The van der Waals surface area contributed by atoms with Crippen LogP contribution < -0.4 is 0 Å². The SMILES string of the molecule is CC[CH]OCC1OC1C. The van der Waals surface area contributed by atoms with E-state index >= 15 is 0 Å². The molecule has 2 unspecified atom stereocenters. The average molecular weight is 129 g/mol. The van der Waals surface area contributed by atoms with Crippen LogP contribution in [-0.2, 0) is 9.47 Å². The van der Waals surface area contributed by atoms with E-state index in [4.69, 9.17) is 9.47 Å². The summed E-state index contributed by atoms with van der Waals surface area (Å²) in [5.74, 6) is 0. The molecule has 1 saturated heterocycles. The van der Waals surface area contributed by atoms with Crippen LogP contribution in [0, 0.1) is 6.61 Å². The fraction of sp³-hybridized carbons (Fsp3) is 0.857. The average Bonchev–Trinajstić information content (AvgIpc) is 2.48. The first-order chi connectivity index (χ1) is 4.34. The zero-order valence-electron chi connectivity index (χ0n) is 5.96. The molecule has 53 valence electrons. The van der Waals surface area contributed by atoms with Crippen LogP contribution in [0.4, 0.5) is 0 Å². The first kappa shape index (κ1) is 7.03. The molecular weight excluding hydrogens is 116 g/mol. The Morgan fingerprint density at radius 2 is 2.33 bits per heavy atom. The molecule has 1 heterocycles. The van der Waals surface area contributed by atoms with Crippen LogP contribution in [0.5, 0.6) is 0 Å². The lowest BCUT2D eigenvalue weighted by molar-refractivity contribution is 0.168. The molecule has 1 aliphatic rings. The van der Waals surface area contributed by atoms with Crippen LogP contribution in [-0.4, -0.2) is 18.8 Å². The van der Waals surface area contributed by atoms with Crippen LogP contribution >= 0.6 is 0 Å². The highest BCUT2D eigenvalue weighted by atomic mass is 16.6. The van der Waals surface area contributed by atoms with Gasteiger partial charge in [0, 0.05) is 0 Å². The summed E-state index contributed by atoms with van der Waals surface area (Å²) in [5, 5.41) is 0. The van der Waals surface area contributed by atoms with E-state index in [2.05, 4.69) is 13.8 Å². The fourth-order valence-electron chi connectivity index (χ4n) is 0.686. The first-order valence-corrected chi connectivity index (χ1v) is 3.43. The number of hydrogen-bond donors (Lipinski definition) is 0. The molecule has 0 saturated carbocycles. The molecular formula is C7H13O2. The molecule has 1 aliphatic heterocycles. The van der Waals surface area contributed by atoms with Gasteiger partial charge in [-0.25, -0.2) is 0 Å². The number of rotatable bonds is 4.